The third-order valence-corrected chi connectivity index (χ3v) is 6.26. The summed E-state index contributed by atoms with van der Waals surface area (Å²) in [7, 11) is 1.73. The molecule has 0 amide bonds. The molecular weight excluding hydrogens is 382 g/mol. The topological polar surface area (TPSA) is 45.2 Å². The van der Waals surface area contributed by atoms with Crippen LogP contribution in [0.5, 0.6) is 5.75 Å². The molecule has 0 radical (unpaired) electrons. The summed E-state index contributed by atoms with van der Waals surface area (Å²) in [5.74, 6) is 0.915. The summed E-state index contributed by atoms with van der Waals surface area (Å²) in [6, 6.07) is 25.9. The standard InChI is InChI=1S/C28H27NO2/c1-31-25-11-12-26-20(17-25)8-5-9-21(14-19-6-3-2-4-7-19)28(26)22-10-13-27-23(15-22)16-24(18-30)29-27/h2-4,6-7,10-13,15-17,29-30H,5,8-9,14,18H2,1H3. The molecule has 2 N–H and O–H groups in total. The summed E-state index contributed by atoms with van der Waals surface area (Å²) in [5.41, 5.74) is 9.95. The van der Waals surface area contributed by atoms with Crippen molar-refractivity contribution < 1.29 is 9.84 Å². The molecule has 31 heavy (non-hydrogen) atoms. The van der Waals surface area contributed by atoms with Crippen LogP contribution in [-0.4, -0.2) is 17.2 Å². The number of allylic oxidation sites excluding steroid dienone is 1. The molecule has 0 fully saturated rings. The number of nitrogens with one attached hydrogen (secondary N) is 1. The van der Waals surface area contributed by atoms with Crippen LogP contribution in [0.1, 0.15) is 40.8 Å². The average Bonchev–Trinajstić information content (AvgIpc) is 3.14. The fraction of sp³-hybridized carbons (Fsp3) is 0.214. The third kappa shape index (κ3) is 3.89. The van der Waals surface area contributed by atoms with Crippen LogP contribution >= 0.6 is 0 Å². The molecule has 3 nitrogen and oxygen atoms in total. The summed E-state index contributed by atoms with van der Waals surface area (Å²) >= 11 is 0. The average molecular weight is 410 g/mol. The molecule has 1 aliphatic rings. The number of hydrogen-bond acceptors (Lipinski definition) is 2. The molecule has 3 heteroatoms. The zero-order valence-electron chi connectivity index (χ0n) is 17.8. The monoisotopic (exact) mass is 409 g/mol. The first-order valence-electron chi connectivity index (χ1n) is 10.9. The molecule has 0 saturated heterocycles. The van der Waals surface area contributed by atoms with Crippen molar-refractivity contribution in [2.24, 2.45) is 0 Å². The summed E-state index contributed by atoms with van der Waals surface area (Å²) in [6.45, 7) is 0.0224. The number of ether oxygens (including phenoxy) is 1. The molecule has 0 atom stereocenters. The van der Waals surface area contributed by atoms with Gasteiger partial charge in [0.1, 0.15) is 5.75 Å². The van der Waals surface area contributed by atoms with Crippen LogP contribution in [0.3, 0.4) is 0 Å². The van der Waals surface area contributed by atoms with Crippen molar-refractivity contribution in [2.45, 2.75) is 32.3 Å². The van der Waals surface area contributed by atoms with Gasteiger partial charge in [0.15, 0.2) is 0 Å². The zero-order valence-corrected chi connectivity index (χ0v) is 17.8. The van der Waals surface area contributed by atoms with Crippen LogP contribution in [0.25, 0.3) is 16.5 Å². The lowest BCUT2D eigenvalue weighted by Crippen LogP contribution is -1.99. The van der Waals surface area contributed by atoms with E-state index in [1.165, 1.54) is 33.4 Å². The highest BCUT2D eigenvalue weighted by molar-refractivity contribution is 5.90. The summed E-state index contributed by atoms with van der Waals surface area (Å²) in [6.07, 6.45) is 4.21. The highest BCUT2D eigenvalue weighted by Crippen LogP contribution is 2.38. The van der Waals surface area contributed by atoms with Gasteiger partial charge in [-0.1, -0.05) is 48.0 Å². The number of H-pyrrole nitrogens is 1. The lowest BCUT2D eigenvalue weighted by atomic mass is 9.88. The maximum atomic E-state index is 9.53. The summed E-state index contributed by atoms with van der Waals surface area (Å²) in [4.78, 5) is 3.29. The van der Waals surface area contributed by atoms with Crippen LogP contribution < -0.4 is 4.74 Å². The first kappa shape index (κ1) is 19.7. The SMILES string of the molecule is COc1ccc2c(c1)CCCC(Cc1ccccc1)=C2c1ccc2[nH]c(CO)cc2c1. The minimum Gasteiger partial charge on any atom is -0.497 e. The number of rotatable bonds is 5. The second-order valence-corrected chi connectivity index (χ2v) is 8.27. The van der Waals surface area contributed by atoms with Crippen molar-refractivity contribution >= 4 is 16.5 Å². The molecule has 1 heterocycles. The molecule has 156 valence electrons. The van der Waals surface area contributed by atoms with Crippen LogP contribution in [0.15, 0.2) is 78.4 Å². The number of aromatic amines is 1. The minimum atomic E-state index is 0.0224. The molecule has 5 rings (SSSR count). The van der Waals surface area contributed by atoms with Gasteiger partial charge < -0.3 is 14.8 Å². The molecular formula is C28H27NO2. The number of aromatic nitrogens is 1. The molecule has 4 aromatic rings. The highest BCUT2D eigenvalue weighted by Gasteiger charge is 2.20. The fourth-order valence-corrected chi connectivity index (χ4v) is 4.77. The van der Waals surface area contributed by atoms with Crippen molar-refractivity contribution in [3.8, 4) is 5.75 Å². The van der Waals surface area contributed by atoms with Gasteiger partial charge in [-0.3, -0.25) is 0 Å². The van der Waals surface area contributed by atoms with Gasteiger partial charge in [0.2, 0.25) is 0 Å². The van der Waals surface area contributed by atoms with E-state index in [0.717, 1.165) is 48.0 Å². The number of aliphatic hydroxyl groups is 1. The maximum absolute atomic E-state index is 9.53. The number of methoxy groups -OCH3 is 1. The number of benzene rings is 3. The Morgan fingerprint density at radius 2 is 1.81 bits per heavy atom. The van der Waals surface area contributed by atoms with E-state index in [2.05, 4.69) is 71.7 Å². The molecule has 1 aliphatic carbocycles. The number of aliphatic hydroxyl groups excluding tert-OH is 1. The Morgan fingerprint density at radius 1 is 0.935 bits per heavy atom. The zero-order chi connectivity index (χ0) is 21.2. The third-order valence-electron chi connectivity index (χ3n) is 6.26. The van der Waals surface area contributed by atoms with Crippen molar-refractivity contribution in [3.63, 3.8) is 0 Å². The highest BCUT2D eigenvalue weighted by atomic mass is 16.5. The number of aryl methyl sites for hydroxylation is 1. The molecule has 0 spiro atoms. The van der Waals surface area contributed by atoms with Gasteiger partial charge in [-0.05, 0) is 83.8 Å². The van der Waals surface area contributed by atoms with Gasteiger partial charge in [0.05, 0.1) is 13.7 Å². The van der Waals surface area contributed by atoms with Crippen LogP contribution in [-0.2, 0) is 19.4 Å². The predicted molar refractivity (Wildman–Crippen MR) is 126 cm³/mol. The van der Waals surface area contributed by atoms with E-state index in [0.29, 0.717) is 0 Å². The molecule has 0 bridgehead atoms. The van der Waals surface area contributed by atoms with Crippen molar-refractivity contribution in [2.75, 3.05) is 7.11 Å². The Bertz CT molecular complexity index is 1250. The van der Waals surface area contributed by atoms with Gasteiger partial charge in [0.25, 0.3) is 0 Å². The van der Waals surface area contributed by atoms with Gasteiger partial charge in [-0.2, -0.15) is 0 Å². The van der Waals surface area contributed by atoms with E-state index >= 15 is 0 Å². The summed E-state index contributed by atoms with van der Waals surface area (Å²) in [5, 5.41) is 10.7. The van der Waals surface area contributed by atoms with Crippen molar-refractivity contribution in [3.05, 3.63) is 106 Å². The quantitative estimate of drug-likeness (QED) is 0.421. The minimum absolute atomic E-state index is 0.0224. The molecule has 1 aromatic heterocycles. The molecule has 3 aromatic carbocycles. The summed E-state index contributed by atoms with van der Waals surface area (Å²) < 4.78 is 5.51. The van der Waals surface area contributed by atoms with Crippen LogP contribution in [0, 0.1) is 0 Å². The second-order valence-electron chi connectivity index (χ2n) is 8.27. The van der Waals surface area contributed by atoms with Gasteiger partial charge in [-0.15, -0.1) is 0 Å². The van der Waals surface area contributed by atoms with Crippen molar-refractivity contribution in [1.82, 2.24) is 4.98 Å². The number of hydrogen-bond donors (Lipinski definition) is 2. The fourth-order valence-electron chi connectivity index (χ4n) is 4.77. The van der Waals surface area contributed by atoms with E-state index in [1.807, 2.05) is 6.07 Å². The molecule has 0 unspecified atom stereocenters. The predicted octanol–water partition coefficient (Wildman–Crippen LogP) is 6.05. The normalized spacial score (nSPS) is 13.9. The van der Waals surface area contributed by atoms with Crippen molar-refractivity contribution in [1.29, 1.82) is 0 Å². The smallest absolute Gasteiger partial charge is 0.119 e. The van der Waals surface area contributed by atoms with Crippen LogP contribution in [0.4, 0.5) is 0 Å². The molecule has 0 aliphatic heterocycles. The van der Waals surface area contributed by atoms with E-state index in [4.69, 9.17) is 4.74 Å². The van der Waals surface area contributed by atoms with Gasteiger partial charge in [0, 0.05) is 16.6 Å². The van der Waals surface area contributed by atoms with E-state index in [9.17, 15) is 5.11 Å². The van der Waals surface area contributed by atoms with E-state index < -0.39 is 0 Å². The first-order chi connectivity index (χ1) is 15.2. The Kier molecular flexibility index (Phi) is 5.35. The Balaban J connectivity index is 1.70. The Morgan fingerprint density at radius 3 is 2.61 bits per heavy atom. The largest absolute Gasteiger partial charge is 0.497 e. The Hall–Kier alpha value is -3.30. The van der Waals surface area contributed by atoms with Gasteiger partial charge >= 0.3 is 0 Å². The van der Waals surface area contributed by atoms with E-state index in [1.54, 1.807) is 7.11 Å². The van der Waals surface area contributed by atoms with E-state index in [-0.39, 0.29) is 6.61 Å². The Labute approximate surface area is 183 Å². The lowest BCUT2D eigenvalue weighted by molar-refractivity contribution is 0.278. The second kappa shape index (κ2) is 8.44. The lowest BCUT2D eigenvalue weighted by Gasteiger charge is -2.17. The van der Waals surface area contributed by atoms with Crippen LogP contribution in [0.2, 0.25) is 0 Å². The number of fused-ring (bicyclic) bond motifs is 2. The van der Waals surface area contributed by atoms with Gasteiger partial charge in [-0.25, -0.2) is 0 Å². The molecule has 0 saturated carbocycles. The maximum Gasteiger partial charge on any atom is 0.119 e. The first-order valence-corrected chi connectivity index (χ1v) is 10.9.